The number of fused-ring (bicyclic) bond motifs is 2. The van der Waals surface area contributed by atoms with Gasteiger partial charge < -0.3 is 9.47 Å². The van der Waals surface area contributed by atoms with E-state index < -0.39 is 0 Å². The summed E-state index contributed by atoms with van der Waals surface area (Å²) >= 11 is 1.56. The van der Waals surface area contributed by atoms with Crippen LogP contribution in [-0.4, -0.2) is 49.4 Å². The number of hydrogen-bond donors (Lipinski definition) is 1. The van der Waals surface area contributed by atoms with Crippen LogP contribution in [0.2, 0.25) is 0 Å². The number of rotatable bonds is 8. The van der Waals surface area contributed by atoms with Crippen molar-refractivity contribution in [1.82, 2.24) is 23.8 Å². The zero-order valence-corrected chi connectivity index (χ0v) is 16.9. The Kier molecular flexibility index (Phi) is 5.40. The van der Waals surface area contributed by atoms with Gasteiger partial charge >= 0.3 is 0 Å². The predicted molar refractivity (Wildman–Crippen MR) is 113 cm³/mol. The molecule has 0 saturated carbocycles. The van der Waals surface area contributed by atoms with Gasteiger partial charge in [-0.1, -0.05) is 26.0 Å². The van der Waals surface area contributed by atoms with E-state index in [-0.39, 0.29) is 12.3 Å². The molecule has 0 atom stereocenters. The van der Waals surface area contributed by atoms with Crippen LogP contribution in [0, 0.1) is 0 Å². The molecule has 0 aliphatic rings. The molecule has 4 rings (SSSR count). The van der Waals surface area contributed by atoms with Gasteiger partial charge in [-0.05, 0) is 25.2 Å². The molecule has 3 heterocycles. The second kappa shape index (κ2) is 8.12. The van der Waals surface area contributed by atoms with Gasteiger partial charge in [-0.2, -0.15) is 0 Å². The molecule has 3 aromatic heterocycles. The maximum atomic E-state index is 12.6. The summed E-state index contributed by atoms with van der Waals surface area (Å²) in [6.45, 7) is 8.01. The van der Waals surface area contributed by atoms with Crippen molar-refractivity contribution in [3.63, 3.8) is 0 Å². The van der Waals surface area contributed by atoms with Crippen molar-refractivity contribution in [2.75, 3.05) is 25.0 Å². The minimum atomic E-state index is -0.106. The third-order valence-electron chi connectivity index (χ3n) is 4.92. The van der Waals surface area contributed by atoms with Gasteiger partial charge in [-0.3, -0.25) is 14.5 Å². The zero-order chi connectivity index (χ0) is 19.5. The summed E-state index contributed by atoms with van der Waals surface area (Å²) in [5, 5.41) is 4.97. The highest BCUT2D eigenvalue weighted by Gasteiger charge is 2.15. The monoisotopic (exact) mass is 396 g/mol. The van der Waals surface area contributed by atoms with Crippen molar-refractivity contribution < 1.29 is 4.79 Å². The molecule has 0 bridgehead atoms. The largest absolute Gasteiger partial charge is 0.309 e. The molecule has 0 saturated heterocycles. The predicted octanol–water partition coefficient (Wildman–Crippen LogP) is 3.27. The molecule has 8 heteroatoms. The van der Waals surface area contributed by atoms with Crippen molar-refractivity contribution in [2.24, 2.45) is 0 Å². The van der Waals surface area contributed by atoms with Gasteiger partial charge in [0.1, 0.15) is 0 Å². The number of amides is 1. The molecule has 7 nitrogen and oxygen atoms in total. The molecule has 4 aromatic rings. The minimum Gasteiger partial charge on any atom is -0.309 e. The molecule has 1 aromatic carbocycles. The molecule has 0 spiro atoms. The standard InChI is InChI=1S/C20H24N6OS/c1-3-24(4-2)9-10-26-17-8-6-5-7-16(17)22-19(26)23-18(27)13-15-14-25-11-12-28-20(25)21-15/h5-8,11-12,14H,3-4,9-10,13H2,1-2H3,(H,22,23,27). The Morgan fingerprint density at radius 2 is 2.04 bits per heavy atom. The summed E-state index contributed by atoms with van der Waals surface area (Å²) < 4.78 is 4.03. The molecule has 146 valence electrons. The second-order valence-electron chi connectivity index (χ2n) is 6.65. The highest BCUT2D eigenvalue weighted by molar-refractivity contribution is 7.15. The molecule has 1 amide bonds. The Bertz CT molecular complexity index is 1060. The van der Waals surface area contributed by atoms with Crippen LogP contribution in [-0.2, 0) is 17.8 Å². The molecular weight excluding hydrogens is 372 g/mol. The van der Waals surface area contributed by atoms with E-state index >= 15 is 0 Å². The van der Waals surface area contributed by atoms with E-state index in [0.29, 0.717) is 5.95 Å². The Morgan fingerprint density at radius 3 is 2.82 bits per heavy atom. The number of hydrogen-bond acceptors (Lipinski definition) is 5. The van der Waals surface area contributed by atoms with Gasteiger partial charge in [0.25, 0.3) is 0 Å². The fourth-order valence-electron chi connectivity index (χ4n) is 3.37. The summed E-state index contributed by atoms with van der Waals surface area (Å²) in [4.78, 5) is 25.0. The fraction of sp³-hybridized carbons (Fsp3) is 0.350. The number of carbonyl (C=O) groups is 1. The number of nitrogens with zero attached hydrogens (tertiary/aromatic N) is 5. The van der Waals surface area contributed by atoms with Crippen molar-refractivity contribution in [1.29, 1.82) is 0 Å². The number of thiazole rings is 1. The third kappa shape index (κ3) is 3.79. The van der Waals surface area contributed by atoms with Crippen LogP contribution in [0.15, 0.2) is 42.0 Å². The molecule has 0 fully saturated rings. The normalized spacial score (nSPS) is 11.7. The number of likely N-dealkylation sites (N-methyl/N-ethyl adjacent to an activating group) is 1. The van der Waals surface area contributed by atoms with Crippen LogP contribution in [0.5, 0.6) is 0 Å². The maximum absolute atomic E-state index is 12.6. The number of carbonyl (C=O) groups excluding carboxylic acids is 1. The summed E-state index contributed by atoms with van der Waals surface area (Å²) in [5.41, 5.74) is 2.68. The Balaban J connectivity index is 1.53. The van der Waals surface area contributed by atoms with Crippen LogP contribution in [0.1, 0.15) is 19.5 Å². The Labute approximate surface area is 167 Å². The number of nitrogens with one attached hydrogen (secondary N) is 1. The number of aromatic nitrogens is 4. The van der Waals surface area contributed by atoms with E-state index in [2.05, 4.69) is 38.6 Å². The van der Waals surface area contributed by atoms with Crippen molar-refractivity contribution >= 4 is 39.2 Å². The Morgan fingerprint density at radius 1 is 1.21 bits per heavy atom. The number of anilines is 1. The molecule has 0 unspecified atom stereocenters. The van der Waals surface area contributed by atoms with Gasteiger partial charge in [-0.25, -0.2) is 9.97 Å². The molecular formula is C20H24N6OS. The van der Waals surface area contributed by atoms with Crippen molar-refractivity contribution in [3.05, 3.63) is 47.7 Å². The van der Waals surface area contributed by atoms with Crippen LogP contribution >= 0.6 is 11.3 Å². The highest BCUT2D eigenvalue weighted by atomic mass is 32.1. The van der Waals surface area contributed by atoms with Crippen LogP contribution in [0.3, 0.4) is 0 Å². The summed E-state index contributed by atoms with van der Waals surface area (Å²) in [6.07, 6.45) is 4.07. The smallest absolute Gasteiger partial charge is 0.232 e. The lowest BCUT2D eigenvalue weighted by atomic mass is 10.3. The van der Waals surface area contributed by atoms with Gasteiger partial charge in [0.15, 0.2) is 4.96 Å². The first-order valence-electron chi connectivity index (χ1n) is 9.56. The summed E-state index contributed by atoms with van der Waals surface area (Å²) in [5.74, 6) is 0.490. The van der Waals surface area contributed by atoms with E-state index in [1.54, 1.807) is 11.3 Å². The molecule has 0 aliphatic carbocycles. The number of para-hydroxylation sites is 2. The molecule has 28 heavy (non-hydrogen) atoms. The first-order chi connectivity index (χ1) is 13.7. The topological polar surface area (TPSA) is 67.5 Å². The molecule has 0 aliphatic heterocycles. The SMILES string of the molecule is CCN(CC)CCn1c(NC(=O)Cc2cn3ccsc3n2)nc2ccccc21. The molecule has 1 N–H and O–H groups in total. The quantitative estimate of drug-likeness (QED) is 0.496. The van der Waals surface area contributed by atoms with Crippen molar-refractivity contribution in [3.8, 4) is 0 Å². The summed E-state index contributed by atoms with van der Waals surface area (Å²) in [6, 6.07) is 7.99. The first-order valence-corrected chi connectivity index (χ1v) is 10.4. The lowest BCUT2D eigenvalue weighted by Crippen LogP contribution is -2.28. The van der Waals surface area contributed by atoms with Crippen LogP contribution in [0.4, 0.5) is 5.95 Å². The lowest BCUT2D eigenvalue weighted by molar-refractivity contribution is -0.115. The Hall–Kier alpha value is -2.71. The van der Waals surface area contributed by atoms with Gasteiger partial charge in [0.2, 0.25) is 11.9 Å². The van der Waals surface area contributed by atoms with Gasteiger partial charge in [0.05, 0.1) is 23.1 Å². The maximum Gasteiger partial charge on any atom is 0.232 e. The fourth-order valence-corrected chi connectivity index (χ4v) is 4.09. The van der Waals surface area contributed by atoms with Crippen molar-refractivity contribution in [2.45, 2.75) is 26.8 Å². The van der Waals surface area contributed by atoms with Gasteiger partial charge in [0, 0.05) is 30.9 Å². The number of benzene rings is 1. The zero-order valence-electron chi connectivity index (χ0n) is 16.1. The molecule has 0 radical (unpaired) electrons. The van der Waals surface area contributed by atoms with Gasteiger partial charge in [-0.15, -0.1) is 11.3 Å². The van der Waals surface area contributed by atoms with E-state index in [1.165, 1.54) is 0 Å². The van der Waals surface area contributed by atoms with E-state index in [0.717, 1.165) is 47.9 Å². The average molecular weight is 397 g/mol. The highest BCUT2D eigenvalue weighted by Crippen LogP contribution is 2.20. The first kappa shape index (κ1) is 18.6. The number of imidazole rings is 2. The second-order valence-corrected chi connectivity index (χ2v) is 7.53. The van der Waals surface area contributed by atoms with E-state index in [1.807, 2.05) is 46.4 Å². The average Bonchev–Trinajstić information content (AvgIpc) is 3.36. The summed E-state index contributed by atoms with van der Waals surface area (Å²) in [7, 11) is 0. The lowest BCUT2D eigenvalue weighted by Gasteiger charge is -2.19. The van der Waals surface area contributed by atoms with Crippen LogP contribution < -0.4 is 5.32 Å². The van der Waals surface area contributed by atoms with Crippen LogP contribution in [0.25, 0.3) is 16.0 Å². The van der Waals surface area contributed by atoms with E-state index in [4.69, 9.17) is 0 Å². The minimum absolute atomic E-state index is 0.106. The van der Waals surface area contributed by atoms with E-state index in [9.17, 15) is 4.79 Å². The third-order valence-corrected chi connectivity index (χ3v) is 5.70.